The summed E-state index contributed by atoms with van der Waals surface area (Å²) in [6.45, 7) is 3.63. The molecule has 16 heavy (non-hydrogen) atoms. The second-order valence-corrected chi connectivity index (χ2v) is 6.12. The standard InChI is InChI=1S/C10H14ClNO3S/c1-7(2)6-16(14,15)12-10-4-3-8(13)5-9(10)11/h3-5,7,12-13H,6H2,1-2H3. The Labute approximate surface area is 100 Å². The molecule has 0 aliphatic rings. The van der Waals surface area contributed by atoms with Crippen LogP contribution in [0.1, 0.15) is 13.8 Å². The highest BCUT2D eigenvalue weighted by atomic mass is 35.5. The van der Waals surface area contributed by atoms with E-state index in [0.29, 0.717) is 0 Å². The van der Waals surface area contributed by atoms with Gasteiger partial charge in [0.05, 0.1) is 16.5 Å². The number of rotatable bonds is 4. The predicted molar refractivity (Wildman–Crippen MR) is 65.4 cm³/mol. The van der Waals surface area contributed by atoms with Gasteiger partial charge in [-0.3, -0.25) is 4.72 Å². The zero-order valence-corrected chi connectivity index (χ0v) is 10.6. The van der Waals surface area contributed by atoms with Crippen LogP contribution in [0, 0.1) is 5.92 Å². The van der Waals surface area contributed by atoms with Crippen LogP contribution < -0.4 is 4.72 Å². The molecule has 0 aliphatic heterocycles. The van der Waals surface area contributed by atoms with Gasteiger partial charge >= 0.3 is 0 Å². The minimum atomic E-state index is -3.39. The van der Waals surface area contributed by atoms with E-state index in [1.54, 1.807) is 0 Å². The molecule has 0 saturated heterocycles. The Kier molecular flexibility index (Phi) is 4.04. The van der Waals surface area contributed by atoms with E-state index < -0.39 is 10.0 Å². The summed E-state index contributed by atoms with van der Waals surface area (Å²) < 4.78 is 25.6. The molecule has 0 bridgehead atoms. The van der Waals surface area contributed by atoms with Gasteiger partial charge in [-0.05, 0) is 18.1 Å². The molecule has 0 aliphatic carbocycles. The summed E-state index contributed by atoms with van der Waals surface area (Å²) in [5.41, 5.74) is 0.278. The minimum absolute atomic E-state index is 0.00296. The zero-order chi connectivity index (χ0) is 12.3. The smallest absolute Gasteiger partial charge is 0.233 e. The van der Waals surface area contributed by atoms with Crippen molar-refractivity contribution in [2.75, 3.05) is 10.5 Å². The van der Waals surface area contributed by atoms with Crippen molar-refractivity contribution < 1.29 is 13.5 Å². The van der Waals surface area contributed by atoms with Crippen LogP contribution in [0.3, 0.4) is 0 Å². The number of hydrogen-bond donors (Lipinski definition) is 2. The third kappa shape index (κ3) is 3.90. The molecule has 0 amide bonds. The number of anilines is 1. The molecule has 0 aromatic heterocycles. The molecular weight excluding hydrogens is 250 g/mol. The van der Waals surface area contributed by atoms with Crippen molar-refractivity contribution in [2.45, 2.75) is 13.8 Å². The number of phenols is 1. The molecule has 4 nitrogen and oxygen atoms in total. The van der Waals surface area contributed by atoms with Crippen LogP contribution in [0.25, 0.3) is 0 Å². The second kappa shape index (κ2) is 4.93. The molecule has 1 rings (SSSR count). The third-order valence-electron chi connectivity index (χ3n) is 1.77. The summed E-state index contributed by atoms with van der Waals surface area (Å²) in [5.74, 6) is 0.0645. The van der Waals surface area contributed by atoms with Crippen LogP contribution >= 0.6 is 11.6 Å². The van der Waals surface area contributed by atoms with E-state index in [4.69, 9.17) is 16.7 Å². The molecule has 1 aromatic rings. The average Bonchev–Trinajstić information content (AvgIpc) is 2.07. The molecule has 0 fully saturated rings. The molecule has 0 radical (unpaired) electrons. The lowest BCUT2D eigenvalue weighted by Crippen LogP contribution is -2.20. The highest BCUT2D eigenvalue weighted by Gasteiger charge is 2.14. The fraction of sp³-hybridized carbons (Fsp3) is 0.400. The molecule has 1 aromatic carbocycles. The summed E-state index contributed by atoms with van der Waals surface area (Å²) in [4.78, 5) is 0. The van der Waals surface area contributed by atoms with E-state index in [1.165, 1.54) is 18.2 Å². The Bertz CT molecular complexity index is 471. The lowest BCUT2D eigenvalue weighted by molar-refractivity contribution is 0.475. The van der Waals surface area contributed by atoms with Gasteiger partial charge in [0.15, 0.2) is 0 Å². The third-order valence-corrected chi connectivity index (χ3v) is 3.72. The van der Waals surface area contributed by atoms with E-state index in [2.05, 4.69) is 4.72 Å². The van der Waals surface area contributed by atoms with Crippen LogP contribution in [0.5, 0.6) is 5.75 Å². The van der Waals surface area contributed by atoms with Gasteiger partial charge in [0.2, 0.25) is 10.0 Å². The Morgan fingerprint density at radius 1 is 1.44 bits per heavy atom. The quantitative estimate of drug-likeness (QED) is 0.820. The van der Waals surface area contributed by atoms with Gasteiger partial charge in [-0.25, -0.2) is 8.42 Å². The molecule has 90 valence electrons. The largest absolute Gasteiger partial charge is 0.508 e. The summed E-state index contributed by atoms with van der Waals surface area (Å²) >= 11 is 5.79. The minimum Gasteiger partial charge on any atom is -0.508 e. The van der Waals surface area contributed by atoms with Crippen LogP contribution in [-0.4, -0.2) is 19.3 Å². The number of aromatic hydroxyl groups is 1. The molecule has 2 N–H and O–H groups in total. The summed E-state index contributed by atoms with van der Waals surface area (Å²) in [7, 11) is -3.39. The van der Waals surface area contributed by atoms with Crippen molar-refractivity contribution >= 4 is 27.3 Å². The number of phenolic OH excluding ortho intramolecular Hbond substituents is 1. The predicted octanol–water partition coefficient (Wildman–Crippen LogP) is 2.44. The molecule has 6 heteroatoms. The van der Waals surface area contributed by atoms with Crippen LogP contribution in [0.4, 0.5) is 5.69 Å². The van der Waals surface area contributed by atoms with Crippen molar-refractivity contribution in [2.24, 2.45) is 5.92 Å². The van der Waals surface area contributed by atoms with Crippen molar-refractivity contribution in [3.63, 3.8) is 0 Å². The second-order valence-electron chi connectivity index (χ2n) is 3.94. The number of hydrogen-bond acceptors (Lipinski definition) is 3. The lowest BCUT2D eigenvalue weighted by atomic mass is 10.3. The lowest BCUT2D eigenvalue weighted by Gasteiger charge is -2.11. The first-order valence-electron chi connectivity index (χ1n) is 4.79. The van der Waals surface area contributed by atoms with E-state index >= 15 is 0 Å². The van der Waals surface area contributed by atoms with E-state index in [-0.39, 0.29) is 28.1 Å². The normalized spacial score (nSPS) is 11.8. The highest BCUT2D eigenvalue weighted by molar-refractivity contribution is 7.92. The van der Waals surface area contributed by atoms with Crippen molar-refractivity contribution in [1.82, 2.24) is 0 Å². The maximum absolute atomic E-state index is 11.6. The first-order valence-corrected chi connectivity index (χ1v) is 6.82. The van der Waals surface area contributed by atoms with Gasteiger partial charge in [0.1, 0.15) is 5.75 Å². The topological polar surface area (TPSA) is 66.4 Å². The fourth-order valence-electron chi connectivity index (χ4n) is 1.23. The van der Waals surface area contributed by atoms with Gasteiger partial charge in [-0.15, -0.1) is 0 Å². The molecule has 0 spiro atoms. The number of benzene rings is 1. The maximum atomic E-state index is 11.6. The van der Waals surface area contributed by atoms with Gasteiger partial charge in [-0.1, -0.05) is 25.4 Å². The summed E-state index contributed by atoms with van der Waals surface area (Å²) in [6, 6.07) is 4.09. The molecule has 0 heterocycles. The van der Waals surface area contributed by atoms with Gasteiger partial charge in [-0.2, -0.15) is 0 Å². The van der Waals surface area contributed by atoms with Crippen molar-refractivity contribution in [3.05, 3.63) is 23.2 Å². The van der Waals surface area contributed by atoms with Crippen LogP contribution in [-0.2, 0) is 10.0 Å². The Morgan fingerprint density at radius 3 is 2.56 bits per heavy atom. The zero-order valence-electron chi connectivity index (χ0n) is 9.07. The number of sulfonamides is 1. The average molecular weight is 264 g/mol. The van der Waals surface area contributed by atoms with E-state index in [1.807, 2.05) is 13.8 Å². The van der Waals surface area contributed by atoms with E-state index in [9.17, 15) is 8.42 Å². The molecule has 0 saturated carbocycles. The maximum Gasteiger partial charge on any atom is 0.233 e. The van der Waals surface area contributed by atoms with Crippen LogP contribution in [0.2, 0.25) is 5.02 Å². The molecule has 0 unspecified atom stereocenters. The Balaban J connectivity index is 2.88. The first-order chi connectivity index (χ1) is 7.30. The Hall–Kier alpha value is -0.940. The van der Waals surface area contributed by atoms with Crippen LogP contribution in [0.15, 0.2) is 18.2 Å². The Morgan fingerprint density at radius 2 is 2.06 bits per heavy atom. The van der Waals surface area contributed by atoms with Crippen molar-refractivity contribution in [3.8, 4) is 5.75 Å². The first kappa shape index (κ1) is 13.1. The van der Waals surface area contributed by atoms with Gasteiger partial charge in [0.25, 0.3) is 0 Å². The summed E-state index contributed by atoms with van der Waals surface area (Å²) in [6.07, 6.45) is 0. The molecule has 0 atom stereocenters. The highest BCUT2D eigenvalue weighted by Crippen LogP contribution is 2.26. The number of halogens is 1. The van der Waals surface area contributed by atoms with Gasteiger partial charge in [0, 0.05) is 6.07 Å². The van der Waals surface area contributed by atoms with Gasteiger partial charge < -0.3 is 5.11 Å². The SMILES string of the molecule is CC(C)CS(=O)(=O)Nc1ccc(O)cc1Cl. The molecular formula is C10H14ClNO3S. The van der Waals surface area contributed by atoms with E-state index in [0.717, 1.165) is 0 Å². The monoisotopic (exact) mass is 263 g/mol. The summed E-state index contributed by atoms with van der Waals surface area (Å²) in [5, 5.41) is 9.29. The number of nitrogens with one attached hydrogen (secondary N) is 1. The van der Waals surface area contributed by atoms with Crippen molar-refractivity contribution in [1.29, 1.82) is 0 Å². The fourth-order valence-corrected chi connectivity index (χ4v) is 2.99.